The van der Waals surface area contributed by atoms with Crippen LogP contribution in [0.4, 0.5) is 11.4 Å². The molecule has 0 aliphatic carbocycles. The zero-order valence-electron chi connectivity index (χ0n) is 15.9. The number of benzene rings is 2. The molecule has 0 fully saturated rings. The van der Waals surface area contributed by atoms with Crippen LogP contribution in [0.15, 0.2) is 55.1 Å². The Hall–Kier alpha value is -3.81. The number of nitrogens with zero attached hydrogens (tertiary/aromatic N) is 5. The summed E-state index contributed by atoms with van der Waals surface area (Å²) in [5.74, 6) is 0.176. The van der Waals surface area contributed by atoms with Gasteiger partial charge in [0, 0.05) is 24.0 Å². The van der Waals surface area contributed by atoms with E-state index < -0.39 is 0 Å². The van der Waals surface area contributed by atoms with Gasteiger partial charge in [-0.3, -0.25) is 9.59 Å². The molecule has 0 bridgehead atoms. The van der Waals surface area contributed by atoms with Crippen LogP contribution in [-0.2, 0) is 4.79 Å². The third-order valence-electron chi connectivity index (χ3n) is 4.34. The van der Waals surface area contributed by atoms with Gasteiger partial charge in [0.15, 0.2) is 5.82 Å². The number of tetrazole rings is 1. The van der Waals surface area contributed by atoms with Crippen molar-refractivity contribution in [3.8, 4) is 5.69 Å². The molecule has 3 rings (SSSR count). The predicted octanol–water partition coefficient (Wildman–Crippen LogP) is 2.68. The first kappa shape index (κ1) is 19.0. The fraction of sp³-hybridized carbons (Fsp3) is 0.150. The molecule has 3 aromatic rings. The van der Waals surface area contributed by atoms with E-state index in [0.29, 0.717) is 22.8 Å². The van der Waals surface area contributed by atoms with Crippen LogP contribution in [-0.4, -0.2) is 39.1 Å². The average Bonchev–Trinajstić information content (AvgIpc) is 3.14. The van der Waals surface area contributed by atoms with Crippen molar-refractivity contribution in [1.29, 1.82) is 0 Å². The molecule has 0 unspecified atom stereocenters. The lowest BCUT2D eigenvalue weighted by Gasteiger charge is -2.15. The van der Waals surface area contributed by atoms with Crippen LogP contribution in [0, 0.1) is 13.8 Å². The Balaban J connectivity index is 1.79. The molecule has 0 aliphatic heterocycles. The standard InChI is InChI=1S/C20H20N6O2/c1-5-19(27)25(4)17-10-7-15(8-11-17)20(28)21-16-9-6-13(2)18(12-16)26-14(3)22-23-24-26/h5-12H,1H2,2-4H3,(H,21,28). The summed E-state index contributed by atoms with van der Waals surface area (Å²) >= 11 is 0. The average molecular weight is 376 g/mol. The van der Waals surface area contributed by atoms with Gasteiger partial charge < -0.3 is 10.2 Å². The van der Waals surface area contributed by atoms with Crippen LogP contribution in [0.3, 0.4) is 0 Å². The number of anilines is 2. The van der Waals surface area contributed by atoms with E-state index in [1.165, 1.54) is 11.0 Å². The Morgan fingerprint density at radius 3 is 2.46 bits per heavy atom. The second-order valence-corrected chi connectivity index (χ2v) is 6.24. The highest BCUT2D eigenvalue weighted by Gasteiger charge is 2.12. The number of aromatic nitrogens is 4. The number of rotatable bonds is 5. The van der Waals surface area contributed by atoms with Gasteiger partial charge in [0.25, 0.3) is 5.91 Å². The van der Waals surface area contributed by atoms with Gasteiger partial charge in [0.05, 0.1) is 5.69 Å². The SMILES string of the molecule is C=CC(=O)N(C)c1ccc(C(=O)Nc2ccc(C)c(-n3nnnc3C)c2)cc1. The number of aryl methyl sites for hydroxylation is 2. The van der Waals surface area contributed by atoms with Crippen LogP contribution in [0.2, 0.25) is 0 Å². The molecule has 1 N–H and O–H groups in total. The first-order chi connectivity index (χ1) is 13.4. The molecule has 1 aromatic heterocycles. The Morgan fingerprint density at radius 1 is 1.14 bits per heavy atom. The quantitative estimate of drug-likeness (QED) is 0.691. The molecule has 0 aliphatic rings. The lowest BCUT2D eigenvalue weighted by Crippen LogP contribution is -2.23. The largest absolute Gasteiger partial charge is 0.322 e. The van der Waals surface area contributed by atoms with Crippen LogP contribution < -0.4 is 10.2 Å². The third kappa shape index (κ3) is 3.80. The Kier molecular flexibility index (Phi) is 5.30. The first-order valence-electron chi connectivity index (χ1n) is 8.58. The van der Waals surface area contributed by atoms with Crippen molar-refractivity contribution >= 4 is 23.2 Å². The fourth-order valence-electron chi connectivity index (χ4n) is 2.67. The number of hydrogen-bond donors (Lipinski definition) is 1. The normalized spacial score (nSPS) is 10.4. The minimum atomic E-state index is -0.257. The summed E-state index contributed by atoms with van der Waals surface area (Å²) in [5, 5.41) is 14.4. The maximum Gasteiger partial charge on any atom is 0.255 e. The zero-order valence-corrected chi connectivity index (χ0v) is 15.9. The van der Waals surface area contributed by atoms with E-state index in [2.05, 4.69) is 27.4 Å². The van der Waals surface area contributed by atoms with Gasteiger partial charge in [-0.2, -0.15) is 4.68 Å². The highest BCUT2D eigenvalue weighted by Crippen LogP contribution is 2.21. The van der Waals surface area contributed by atoms with Crippen molar-refractivity contribution in [2.45, 2.75) is 13.8 Å². The second kappa shape index (κ2) is 7.83. The van der Waals surface area contributed by atoms with E-state index in [0.717, 1.165) is 11.3 Å². The number of carbonyl (C=O) groups is 2. The molecule has 2 amide bonds. The van der Waals surface area contributed by atoms with Crippen LogP contribution in [0.1, 0.15) is 21.7 Å². The number of amides is 2. The summed E-state index contributed by atoms with van der Waals surface area (Å²) in [4.78, 5) is 25.7. The number of hydrogen-bond acceptors (Lipinski definition) is 5. The molecule has 2 aromatic carbocycles. The lowest BCUT2D eigenvalue weighted by molar-refractivity contribution is -0.113. The first-order valence-corrected chi connectivity index (χ1v) is 8.58. The predicted molar refractivity (Wildman–Crippen MR) is 107 cm³/mol. The van der Waals surface area contributed by atoms with E-state index in [1.807, 2.05) is 25.1 Å². The van der Waals surface area contributed by atoms with Gasteiger partial charge in [0.2, 0.25) is 5.91 Å². The van der Waals surface area contributed by atoms with E-state index in [1.54, 1.807) is 42.9 Å². The Labute approximate surface area is 162 Å². The molecule has 0 atom stereocenters. The van der Waals surface area contributed by atoms with Crippen molar-refractivity contribution in [2.24, 2.45) is 0 Å². The number of nitrogens with one attached hydrogen (secondary N) is 1. The topological polar surface area (TPSA) is 93.0 Å². The minimum absolute atomic E-state index is 0.220. The van der Waals surface area contributed by atoms with Crippen molar-refractivity contribution in [3.63, 3.8) is 0 Å². The molecule has 0 saturated heterocycles. The molecule has 8 nitrogen and oxygen atoms in total. The van der Waals surface area contributed by atoms with Gasteiger partial charge in [-0.25, -0.2) is 0 Å². The maximum atomic E-state index is 12.6. The number of likely N-dealkylation sites (N-methyl/N-ethyl adjacent to an activating group) is 1. The van der Waals surface area contributed by atoms with Crippen LogP contribution >= 0.6 is 0 Å². The van der Waals surface area contributed by atoms with Gasteiger partial charge >= 0.3 is 0 Å². The highest BCUT2D eigenvalue weighted by atomic mass is 16.2. The third-order valence-corrected chi connectivity index (χ3v) is 4.34. The molecule has 28 heavy (non-hydrogen) atoms. The molecular formula is C20H20N6O2. The monoisotopic (exact) mass is 376 g/mol. The Bertz CT molecular complexity index is 1040. The summed E-state index contributed by atoms with van der Waals surface area (Å²) in [5.41, 5.74) is 3.55. The summed E-state index contributed by atoms with van der Waals surface area (Å²) in [6.45, 7) is 7.22. The molecule has 0 spiro atoms. The summed E-state index contributed by atoms with van der Waals surface area (Å²) in [6, 6.07) is 12.3. The van der Waals surface area contributed by atoms with Crippen molar-refractivity contribution in [2.75, 3.05) is 17.3 Å². The van der Waals surface area contributed by atoms with Gasteiger partial charge in [0.1, 0.15) is 0 Å². The minimum Gasteiger partial charge on any atom is -0.322 e. The fourth-order valence-corrected chi connectivity index (χ4v) is 2.67. The summed E-state index contributed by atoms with van der Waals surface area (Å²) in [6.07, 6.45) is 1.24. The molecule has 1 heterocycles. The Morgan fingerprint density at radius 2 is 1.86 bits per heavy atom. The molecule has 0 radical (unpaired) electrons. The van der Waals surface area contributed by atoms with Crippen molar-refractivity contribution < 1.29 is 9.59 Å². The molecular weight excluding hydrogens is 356 g/mol. The van der Waals surface area contributed by atoms with Gasteiger partial charge in [-0.1, -0.05) is 12.6 Å². The molecule has 142 valence electrons. The van der Waals surface area contributed by atoms with E-state index in [9.17, 15) is 9.59 Å². The van der Waals surface area contributed by atoms with Crippen molar-refractivity contribution in [1.82, 2.24) is 20.2 Å². The van der Waals surface area contributed by atoms with Crippen molar-refractivity contribution in [3.05, 3.63) is 72.1 Å². The summed E-state index contributed by atoms with van der Waals surface area (Å²) in [7, 11) is 1.65. The van der Waals surface area contributed by atoms with Gasteiger partial charge in [-0.05, 0) is 72.3 Å². The molecule has 8 heteroatoms. The van der Waals surface area contributed by atoms with Crippen LogP contribution in [0.5, 0.6) is 0 Å². The van der Waals surface area contributed by atoms with E-state index in [4.69, 9.17) is 0 Å². The molecule has 0 saturated carbocycles. The number of carbonyl (C=O) groups excluding carboxylic acids is 2. The summed E-state index contributed by atoms with van der Waals surface area (Å²) < 4.78 is 1.62. The maximum absolute atomic E-state index is 12.6. The van der Waals surface area contributed by atoms with E-state index >= 15 is 0 Å². The van der Waals surface area contributed by atoms with Crippen LogP contribution in [0.25, 0.3) is 5.69 Å². The lowest BCUT2D eigenvalue weighted by atomic mass is 10.1. The highest BCUT2D eigenvalue weighted by molar-refractivity contribution is 6.05. The van der Waals surface area contributed by atoms with E-state index in [-0.39, 0.29) is 11.8 Å². The second-order valence-electron chi connectivity index (χ2n) is 6.24. The zero-order chi connectivity index (χ0) is 20.3. The van der Waals surface area contributed by atoms with Gasteiger partial charge in [-0.15, -0.1) is 5.10 Å². The smallest absolute Gasteiger partial charge is 0.255 e.